The van der Waals surface area contributed by atoms with Gasteiger partial charge in [0.15, 0.2) is 0 Å². The molecule has 0 saturated heterocycles. The summed E-state index contributed by atoms with van der Waals surface area (Å²) in [6, 6.07) is 6.50. The van der Waals surface area contributed by atoms with Gasteiger partial charge in [0.05, 0.1) is 11.6 Å². The summed E-state index contributed by atoms with van der Waals surface area (Å²) in [5.41, 5.74) is 7.10. The van der Waals surface area contributed by atoms with E-state index in [2.05, 4.69) is 27.3 Å². The number of rotatable bonds is 6. The minimum absolute atomic E-state index is 0.101. The summed E-state index contributed by atoms with van der Waals surface area (Å²) < 4.78 is 6.20. The van der Waals surface area contributed by atoms with Crippen LogP contribution in [-0.2, 0) is 0 Å². The number of aliphatic hydroxyl groups excluding tert-OH is 1. The standard InChI is InChI=1S/C16H25BrN2O2/c1-21-16-7-6-11(8-13(16)17)15(9-18)19-14-5-3-2-4-12(14)10-20/h6-8,12,14-15,19-20H,2-5,9-10,18H2,1H3. The normalized spacial score (nSPS) is 23.8. The van der Waals surface area contributed by atoms with Gasteiger partial charge in [-0.15, -0.1) is 0 Å². The molecule has 1 aromatic carbocycles. The van der Waals surface area contributed by atoms with Gasteiger partial charge < -0.3 is 20.9 Å². The third kappa shape index (κ3) is 4.19. The van der Waals surface area contributed by atoms with Crippen LogP contribution in [0.25, 0.3) is 0 Å². The van der Waals surface area contributed by atoms with Gasteiger partial charge in [-0.25, -0.2) is 0 Å². The molecule has 0 aliphatic heterocycles. The molecule has 1 aliphatic carbocycles. The van der Waals surface area contributed by atoms with Gasteiger partial charge in [-0.05, 0) is 52.4 Å². The molecule has 0 heterocycles. The van der Waals surface area contributed by atoms with Crippen LogP contribution in [0.4, 0.5) is 0 Å². The largest absolute Gasteiger partial charge is 0.496 e. The quantitative estimate of drug-likeness (QED) is 0.732. The average Bonchev–Trinajstić information content (AvgIpc) is 2.52. The third-order valence-electron chi connectivity index (χ3n) is 4.37. The lowest BCUT2D eigenvalue weighted by molar-refractivity contribution is 0.146. The molecule has 4 nitrogen and oxygen atoms in total. The van der Waals surface area contributed by atoms with Crippen molar-refractivity contribution in [3.8, 4) is 5.75 Å². The summed E-state index contributed by atoms with van der Waals surface area (Å²) >= 11 is 3.52. The molecule has 118 valence electrons. The highest BCUT2D eigenvalue weighted by Crippen LogP contribution is 2.30. The van der Waals surface area contributed by atoms with Crippen molar-refractivity contribution in [3.05, 3.63) is 28.2 Å². The van der Waals surface area contributed by atoms with Crippen LogP contribution in [0.3, 0.4) is 0 Å². The summed E-state index contributed by atoms with van der Waals surface area (Å²) in [6.45, 7) is 0.786. The first-order chi connectivity index (χ1) is 10.2. The van der Waals surface area contributed by atoms with Gasteiger partial charge in [-0.3, -0.25) is 0 Å². The summed E-state index contributed by atoms with van der Waals surface area (Å²) in [6.07, 6.45) is 4.64. The van der Waals surface area contributed by atoms with Crippen LogP contribution in [0.15, 0.2) is 22.7 Å². The molecule has 1 aromatic rings. The van der Waals surface area contributed by atoms with Gasteiger partial charge >= 0.3 is 0 Å². The van der Waals surface area contributed by atoms with E-state index < -0.39 is 0 Å². The zero-order valence-electron chi connectivity index (χ0n) is 12.5. The fourth-order valence-electron chi connectivity index (χ4n) is 3.10. The SMILES string of the molecule is COc1ccc(C(CN)NC2CCCCC2CO)cc1Br. The van der Waals surface area contributed by atoms with Gasteiger partial charge in [-0.2, -0.15) is 0 Å². The Balaban J connectivity index is 2.10. The van der Waals surface area contributed by atoms with Crippen molar-refractivity contribution < 1.29 is 9.84 Å². The van der Waals surface area contributed by atoms with Crippen LogP contribution in [-0.4, -0.2) is 31.4 Å². The molecule has 0 aromatic heterocycles. The summed E-state index contributed by atoms with van der Waals surface area (Å²) in [7, 11) is 1.66. The summed E-state index contributed by atoms with van der Waals surface area (Å²) in [5.74, 6) is 1.16. The number of aliphatic hydroxyl groups is 1. The second-order valence-electron chi connectivity index (χ2n) is 5.68. The number of nitrogens with one attached hydrogen (secondary N) is 1. The molecule has 0 amide bonds. The smallest absolute Gasteiger partial charge is 0.133 e. The molecule has 3 atom stereocenters. The molecule has 21 heavy (non-hydrogen) atoms. The molecule has 1 fully saturated rings. The Bertz CT molecular complexity index is 456. The van der Waals surface area contributed by atoms with Gasteiger partial charge in [-0.1, -0.05) is 18.9 Å². The predicted octanol–water partition coefficient (Wildman–Crippen LogP) is 2.60. The van der Waals surface area contributed by atoms with E-state index >= 15 is 0 Å². The highest BCUT2D eigenvalue weighted by atomic mass is 79.9. The molecule has 3 unspecified atom stereocenters. The fraction of sp³-hybridized carbons (Fsp3) is 0.625. The highest BCUT2D eigenvalue weighted by Gasteiger charge is 2.26. The Morgan fingerprint density at radius 1 is 1.43 bits per heavy atom. The van der Waals surface area contributed by atoms with E-state index in [0.717, 1.165) is 28.6 Å². The maximum Gasteiger partial charge on any atom is 0.133 e. The van der Waals surface area contributed by atoms with E-state index in [1.54, 1.807) is 7.11 Å². The van der Waals surface area contributed by atoms with Crippen LogP contribution in [0.2, 0.25) is 0 Å². The topological polar surface area (TPSA) is 67.5 Å². The molecular weight excluding hydrogens is 332 g/mol. The molecule has 0 bridgehead atoms. The third-order valence-corrected chi connectivity index (χ3v) is 4.99. The Kier molecular flexibility index (Phi) is 6.48. The highest BCUT2D eigenvalue weighted by molar-refractivity contribution is 9.10. The number of methoxy groups -OCH3 is 1. The van der Waals surface area contributed by atoms with Crippen molar-refractivity contribution in [1.82, 2.24) is 5.32 Å². The maximum atomic E-state index is 9.53. The van der Waals surface area contributed by atoms with Crippen LogP contribution < -0.4 is 15.8 Å². The van der Waals surface area contributed by atoms with E-state index in [0.29, 0.717) is 18.5 Å². The molecule has 1 aliphatic rings. The summed E-state index contributed by atoms with van der Waals surface area (Å²) in [4.78, 5) is 0. The molecule has 2 rings (SSSR count). The monoisotopic (exact) mass is 356 g/mol. The van der Waals surface area contributed by atoms with Crippen molar-refractivity contribution in [1.29, 1.82) is 0 Å². The number of halogens is 1. The minimum Gasteiger partial charge on any atom is -0.496 e. The van der Waals surface area contributed by atoms with Crippen molar-refractivity contribution in [2.75, 3.05) is 20.3 Å². The number of nitrogens with two attached hydrogens (primary N) is 1. The van der Waals surface area contributed by atoms with Gasteiger partial charge in [0.25, 0.3) is 0 Å². The number of ether oxygens (including phenoxy) is 1. The van der Waals surface area contributed by atoms with Crippen LogP contribution >= 0.6 is 15.9 Å². The lowest BCUT2D eigenvalue weighted by atomic mass is 9.84. The van der Waals surface area contributed by atoms with E-state index in [1.165, 1.54) is 12.8 Å². The first-order valence-corrected chi connectivity index (χ1v) is 8.39. The van der Waals surface area contributed by atoms with Gasteiger partial charge in [0.2, 0.25) is 0 Å². The molecule has 0 radical (unpaired) electrons. The predicted molar refractivity (Wildman–Crippen MR) is 88.5 cm³/mol. The maximum absolute atomic E-state index is 9.53. The van der Waals surface area contributed by atoms with Crippen molar-refractivity contribution in [3.63, 3.8) is 0 Å². The van der Waals surface area contributed by atoms with Crippen LogP contribution in [0.5, 0.6) is 5.75 Å². The Morgan fingerprint density at radius 3 is 2.81 bits per heavy atom. The molecule has 5 heteroatoms. The number of hydrogen-bond acceptors (Lipinski definition) is 4. The van der Waals surface area contributed by atoms with Crippen molar-refractivity contribution in [2.45, 2.75) is 37.8 Å². The zero-order chi connectivity index (χ0) is 15.2. The summed E-state index contributed by atoms with van der Waals surface area (Å²) in [5, 5.41) is 13.2. The average molecular weight is 357 g/mol. The molecule has 4 N–H and O–H groups in total. The van der Waals surface area contributed by atoms with Gasteiger partial charge in [0, 0.05) is 25.2 Å². The van der Waals surface area contributed by atoms with E-state index in [1.807, 2.05) is 12.1 Å². The van der Waals surface area contributed by atoms with E-state index in [-0.39, 0.29) is 12.6 Å². The second-order valence-corrected chi connectivity index (χ2v) is 6.54. The Labute approximate surface area is 135 Å². The van der Waals surface area contributed by atoms with Crippen molar-refractivity contribution in [2.24, 2.45) is 11.7 Å². The Hall–Kier alpha value is -0.620. The number of hydrogen-bond donors (Lipinski definition) is 3. The van der Waals surface area contributed by atoms with E-state index in [9.17, 15) is 5.11 Å². The molecular formula is C16H25BrN2O2. The van der Waals surface area contributed by atoms with Gasteiger partial charge in [0.1, 0.15) is 5.75 Å². The zero-order valence-corrected chi connectivity index (χ0v) is 14.1. The number of benzene rings is 1. The van der Waals surface area contributed by atoms with Crippen molar-refractivity contribution >= 4 is 15.9 Å². The Morgan fingerprint density at radius 2 is 2.19 bits per heavy atom. The second kappa shape index (κ2) is 8.13. The lowest BCUT2D eigenvalue weighted by Gasteiger charge is -2.34. The fourth-order valence-corrected chi connectivity index (χ4v) is 3.66. The minimum atomic E-state index is 0.101. The van der Waals surface area contributed by atoms with Crippen LogP contribution in [0.1, 0.15) is 37.3 Å². The first kappa shape index (κ1) is 16.7. The van der Waals surface area contributed by atoms with E-state index in [4.69, 9.17) is 10.5 Å². The molecule has 1 saturated carbocycles. The first-order valence-electron chi connectivity index (χ1n) is 7.60. The lowest BCUT2D eigenvalue weighted by Crippen LogP contribution is -2.44. The van der Waals surface area contributed by atoms with Crippen LogP contribution in [0, 0.1) is 5.92 Å². The molecule has 0 spiro atoms.